The number of benzene rings is 2. The van der Waals surface area contributed by atoms with E-state index in [4.69, 9.17) is 9.72 Å². The van der Waals surface area contributed by atoms with Crippen LogP contribution in [0.4, 0.5) is 0 Å². The van der Waals surface area contributed by atoms with Crippen LogP contribution in [0.5, 0.6) is 0 Å². The first-order valence-electron chi connectivity index (χ1n) is 12.4. The molecule has 0 aliphatic carbocycles. The summed E-state index contributed by atoms with van der Waals surface area (Å²) in [6.45, 7) is 6.23. The summed E-state index contributed by atoms with van der Waals surface area (Å²) < 4.78 is 5.45. The van der Waals surface area contributed by atoms with E-state index in [1.165, 1.54) is 5.56 Å². The largest absolute Gasteiger partial charge is 0.379 e. The molecule has 2 aromatic heterocycles. The van der Waals surface area contributed by atoms with Crippen LogP contribution >= 0.6 is 12.4 Å². The van der Waals surface area contributed by atoms with E-state index in [1.807, 2.05) is 35.2 Å². The number of hydrogen-bond acceptors (Lipinski definition) is 5. The Morgan fingerprint density at radius 1 is 0.889 bits per heavy atom. The molecule has 4 aromatic rings. The lowest BCUT2D eigenvalue weighted by molar-refractivity contribution is 0.0342. The molecule has 7 nitrogen and oxygen atoms in total. The predicted molar refractivity (Wildman–Crippen MR) is 143 cm³/mol. The van der Waals surface area contributed by atoms with Crippen LogP contribution in [0.1, 0.15) is 28.8 Å². The lowest BCUT2D eigenvalue weighted by Gasteiger charge is -2.26. The van der Waals surface area contributed by atoms with Crippen molar-refractivity contribution in [1.82, 2.24) is 24.8 Å². The highest BCUT2D eigenvalue weighted by atomic mass is 35.5. The molecule has 4 heterocycles. The van der Waals surface area contributed by atoms with Gasteiger partial charge in [0.05, 0.1) is 18.7 Å². The lowest BCUT2D eigenvalue weighted by atomic mass is 10.0. The van der Waals surface area contributed by atoms with Crippen molar-refractivity contribution in [2.45, 2.75) is 19.4 Å². The Bertz CT molecular complexity index is 1320. The number of aromatic amines is 1. The van der Waals surface area contributed by atoms with Gasteiger partial charge in [-0.25, -0.2) is 9.97 Å². The topological polar surface area (TPSA) is 74.4 Å². The van der Waals surface area contributed by atoms with Crippen molar-refractivity contribution in [1.29, 1.82) is 0 Å². The molecule has 2 aromatic carbocycles. The van der Waals surface area contributed by atoms with Crippen LogP contribution in [0, 0.1) is 0 Å². The van der Waals surface area contributed by atoms with Crippen LogP contribution in [-0.4, -0.2) is 70.1 Å². The minimum atomic E-state index is 0. The van der Waals surface area contributed by atoms with Crippen LogP contribution in [0.25, 0.3) is 33.7 Å². The van der Waals surface area contributed by atoms with E-state index in [-0.39, 0.29) is 18.3 Å². The first-order chi connectivity index (χ1) is 17.2. The average Bonchev–Trinajstić information content (AvgIpc) is 3.60. The van der Waals surface area contributed by atoms with Gasteiger partial charge < -0.3 is 14.6 Å². The van der Waals surface area contributed by atoms with Gasteiger partial charge >= 0.3 is 0 Å². The minimum Gasteiger partial charge on any atom is -0.379 e. The van der Waals surface area contributed by atoms with E-state index in [2.05, 4.69) is 39.1 Å². The van der Waals surface area contributed by atoms with E-state index >= 15 is 0 Å². The molecule has 1 amide bonds. The third kappa shape index (κ3) is 5.00. The summed E-state index contributed by atoms with van der Waals surface area (Å²) in [6, 6.07) is 18.4. The van der Waals surface area contributed by atoms with Crippen molar-refractivity contribution >= 4 is 29.5 Å². The number of likely N-dealkylation sites (tertiary alicyclic amines) is 1. The number of morpholine rings is 1. The molecule has 6 rings (SSSR count). The molecule has 8 heteroatoms. The number of pyridine rings is 1. The SMILES string of the molecule is Cl.O=C(c1ccc(-c2ccnc3nc(-c4ccc(CN5CCOCC5)cc4)[nH]c23)cc1)N1CCCC1. The number of nitrogens with zero attached hydrogens (tertiary/aromatic N) is 4. The zero-order valence-electron chi connectivity index (χ0n) is 20.2. The van der Waals surface area contributed by atoms with Gasteiger partial charge in [0.1, 0.15) is 5.82 Å². The van der Waals surface area contributed by atoms with Crippen LogP contribution < -0.4 is 0 Å². The smallest absolute Gasteiger partial charge is 0.253 e. The van der Waals surface area contributed by atoms with Gasteiger partial charge in [0.15, 0.2) is 5.65 Å². The van der Waals surface area contributed by atoms with Crippen molar-refractivity contribution in [2.75, 3.05) is 39.4 Å². The van der Waals surface area contributed by atoms with Crippen molar-refractivity contribution in [3.63, 3.8) is 0 Å². The maximum absolute atomic E-state index is 12.7. The van der Waals surface area contributed by atoms with Crippen molar-refractivity contribution in [3.05, 3.63) is 71.9 Å². The fourth-order valence-corrected chi connectivity index (χ4v) is 4.97. The maximum atomic E-state index is 12.7. The first kappa shape index (κ1) is 24.4. The molecule has 1 N–H and O–H groups in total. The molecule has 0 atom stereocenters. The second kappa shape index (κ2) is 10.8. The zero-order chi connectivity index (χ0) is 23.6. The number of aromatic nitrogens is 3. The number of hydrogen-bond donors (Lipinski definition) is 1. The fraction of sp³-hybridized carbons (Fsp3) is 0.321. The van der Waals surface area contributed by atoms with Crippen LogP contribution in [-0.2, 0) is 11.3 Å². The summed E-state index contributed by atoms with van der Waals surface area (Å²) in [5.41, 5.74) is 6.71. The Hall–Kier alpha value is -3.26. The van der Waals surface area contributed by atoms with Gasteiger partial charge in [0.2, 0.25) is 0 Å². The average molecular weight is 504 g/mol. The van der Waals surface area contributed by atoms with E-state index in [1.54, 1.807) is 6.20 Å². The fourth-order valence-electron chi connectivity index (χ4n) is 4.97. The Morgan fingerprint density at radius 3 is 2.31 bits per heavy atom. The lowest BCUT2D eigenvalue weighted by Crippen LogP contribution is -2.35. The van der Waals surface area contributed by atoms with Crippen molar-refractivity contribution in [3.8, 4) is 22.5 Å². The molecule has 36 heavy (non-hydrogen) atoms. The molecular formula is C28H30ClN5O2. The molecular weight excluding hydrogens is 474 g/mol. The summed E-state index contributed by atoms with van der Waals surface area (Å²) in [4.78, 5) is 29.8. The Labute approximate surface area is 216 Å². The summed E-state index contributed by atoms with van der Waals surface area (Å²) in [6.07, 6.45) is 3.98. The third-order valence-electron chi connectivity index (χ3n) is 6.97. The number of rotatable bonds is 5. The Morgan fingerprint density at radius 2 is 1.58 bits per heavy atom. The molecule has 2 aliphatic heterocycles. The predicted octanol–water partition coefficient (Wildman–Crippen LogP) is 4.78. The van der Waals surface area contributed by atoms with Gasteiger partial charge in [0, 0.05) is 55.6 Å². The molecule has 0 spiro atoms. The molecule has 0 radical (unpaired) electrons. The van der Waals surface area contributed by atoms with Gasteiger partial charge in [-0.3, -0.25) is 9.69 Å². The molecule has 0 bridgehead atoms. The number of imidazole rings is 1. The van der Waals surface area contributed by atoms with E-state index in [0.29, 0.717) is 5.65 Å². The number of halogens is 1. The molecule has 2 saturated heterocycles. The normalized spacial score (nSPS) is 16.3. The van der Waals surface area contributed by atoms with Crippen LogP contribution in [0.15, 0.2) is 60.8 Å². The maximum Gasteiger partial charge on any atom is 0.253 e. The summed E-state index contributed by atoms with van der Waals surface area (Å²) in [5, 5.41) is 0. The summed E-state index contributed by atoms with van der Waals surface area (Å²) >= 11 is 0. The van der Waals surface area contributed by atoms with Gasteiger partial charge in [-0.05, 0) is 42.2 Å². The Kier molecular flexibility index (Phi) is 7.32. The molecule has 2 fully saturated rings. The van der Waals surface area contributed by atoms with E-state index in [9.17, 15) is 4.79 Å². The summed E-state index contributed by atoms with van der Waals surface area (Å²) in [7, 11) is 0. The minimum absolute atomic E-state index is 0. The number of nitrogens with one attached hydrogen (secondary N) is 1. The zero-order valence-corrected chi connectivity index (χ0v) is 21.0. The number of H-pyrrole nitrogens is 1. The van der Waals surface area contributed by atoms with E-state index < -0.39 is 0 Å². The second-order valence-corrected chi connectivity index (χ2v) is 9.30. The molecule has 0 unspecified atom stereocenters. The highest BCUT2D eigenvalue weighted by Crippen LogP contribution is 2.29. The van der Waals surface area contributed by atoms with Gasteiger partial charge in [-0.1, -0.05) is 36.4 Å². The van der Waals surface area contributed by atoms with E-state index in [0.717, 1.165) is 92.4 Å². The molecule has 0 saturated carbocycles. The van der Waals surface area contributed by atoms with Crippen LogP contribution in [0.3, 0.4) is 0 Å². The standard InChI is InChI=1S/C28H29N5O2.ClH/c34-28(33-13-1-2-14-33)23-9-7-21(8-10-23)24-11-12-29-27-25(24)30-26(31-27)22-5-3-20(4-6-22)19-32-15-17-35-18-16-32;/h3-12H,1-2,13-19H2,(H,29,30,31);1H. The highest BCUT2D eigenvalue weighted by molar-refractivity contribution is 5.96. The van der Waals surface area contributed by atoms with Gasteiger partial charge in [-0.2, -0.15) is 0 Å². The second-order valence-electron chi connectivity index (χ2n) is 9.30. The number of fused-ring (bicyclic) bond motifs is 1. The third-order valence-corrected chi connectivity index (χ3v) is 6.97. The van der Waals surface area contributed by atoms with Crippen LogP contribution in [0.2, 0.25) is 0 Å². The van der Waals surface area contributed by atoms with Gasteiger partial charge in [0.25, 0.3) is 5.91 Å². The number of carbonyl (C=O) groups is 1. The van der Waals surface area contributed by atoms with Crippen molar-refractivity contribution in [2.24, 2.45) is 0 Å². The number of ether oxygens (including phenoxy) is 1. The monoisotopic (exact) mass is 503 g/mol. The number of carbonyl (C=O) groups excluding carboxylic acids is 1. The number of amides is 1. The quantitative estimate of drug-likeness (QED) is 0.424. The molecule has 2 aliphatic rings. The summed E-state index contributed by atoms with van der Waals surface area (Å²) in [5.74, 6) is 0.925. The highest BCUT2D eigenvalue weighted by Gasteiger charge is 2.20. The van der Waals surface area contributed by atoms with Gasteiger partial charge in [-0.15, -0.1) is 12.4 Å². The molecule has 186 valence electrons. The van der Waals surface area contributed by atoms with Crippen molar-refractivity contribution < 1.29 is 9.53 Å². The first-order valence-corrected chi connectivity index (χ1v) is 12.4. The Balaban J connectivity index is 0.00000267.